The van der Waals surface area contributed by atoms with Gasteiger partial charge >= 0.3 is 0 Å². The van der Waals surface area contributed by atoms with Crippen LogP contribution in [-0.4, -0.2) is 35.0 Å². The normalized spacial score (nSPS) is 29.8. The Morgan fingerprint density at radius 2 is 1.75 bits per heavy atom. The Morgan fingerprint density at radius 3 is 2.33 bits per heavy atom. The van der Waals surface area contributed by atoms with Gasteiger partial charge in [-0.15, -0.1) is 0 Å². The summed E-state index contributed by atoms with van der Waals surface area (Å²) in [5.74, 6) is 0. The molecule has 0 N–H and O–H groups in total. The Labute approximate surface area is 78.2 Å². The lowest BCUT2D eigenvalue weighted by Crippen LogP contribution is -2.52. The molecule has 0 saturated carbocycles. The molecular formula is C8H21NOSi2. The van der Waals surface area contributed by atoms with Crippen LogP contribution in [-0.2, 0) is 4.12 Å². The molecule has 0 aromatic rings. The van der Waals surface area contributed by atoms with Gasteiger partial charge in [0.1, 0.15) is 0 Å². The van der Waals surface area contributed by atoms with E-state index in [1.54, 1.807) is 0 Å². The Balaban J connectivity index is 2.73. The predicted molar refractivity (Wildman–Crippen MR) is 58.1 cm³/mol. The minimum Gasteiger partial charge on any atom is -0.444 e. The lowest BCUT2D eigenvalue weighted by molar-refractivity contribution is 0.419. The first-order chi connectivity index (χ1) is 5.33. The zero-order chi connectivity index (χ0) is 9.41. The van der Waals surface area contributed by atoms with Gasteiger partial charge in [0.05, 0.1) is 0 Å². The quantitative estimate of drug-likeness (QED) is 0.560. The molecule has 0 atom stereocenters. The number of rotatable bonds is 0. The fourth-order valence-corrected chi connectivity index (χ4v) is 9.96. The third kappa shape index (κ3) is 2.42. The fraction of sp³-hybridized carbons (Fsp3) is 1.00. The zero-order valence-electron chi connectivity index (χ0n) is 8.98. The largest absolute Gasteiger partial charge is 0.444 e. The Kier molecular flexibility index (Phi) is 2.83. The van der Waals surface area contributed by atoms with E-state index in [1.165, 1.54) is 19.0 Å². The van der Waals surface area contributed by atoms with E-state index >= 15 is 0 Å². The van der Waals surface area contributed by atoms with Gasteiger partial charge in [0.15, 0.2) is 8.32 Å². The van der Waals surface area contributed by atoms with Gasteiger partial charge < -0.3 is 8.68 Å². The van der Waals surface area contributed by atoms with E-state index in [9.17, 15) is 0 Å². The summed E-state index contributed by atoms with van der Waals surface area (Å²) < 4.78 is 8.76. The van der Waals surface area contributed by atoms with Crippen LogP contribution in [0.25, 0.3) is 0 Å². The first-order valence-electron chi connectivity index (χ1n) is 4.75. The molecule has 1 rings (SSSR count). The Hall–Kier alpha value is 0.354. The van der Waals surface area contributed by atoms with Gasteiger partial charge in [-0.05, 0) is 52.2 Å². The van der Waals surface area contributed by atoms with Crippen LogP contribution in [0.1, 0.15) is 6.42 Å². The molecule has 1 saturated heterocycles. The summed E-state index contributed by atoms with van der Waals surface area (Å²) in [6, 6.07) is 1.33. The van der Waals surface area contributed by atoms with Crippen LogP contribution in [0.4, 0.5) is 0 Å². The minimum atomic E-state index is -1.48. The van der Waals surface area contributed by atoms with Crippen molar-refractivity contribution in [1.29, 1.82) is 0 Å². The van der Waals surface area contributed by atoms with Crippen LogP contribution in [0.3, 0.4) is 0 Å². The summed E-state index contributed by atoms with van der Waals surface area (Å²) >= 11 is 0. The molecule has 72 valence electrons. The molecule has 1 heterocycles. The monoisotopic (exact) mass is 203 g/mol. The maximum Gasteiger partial charge on any atom is 0.254 e. The molecule has 1 fully saturated rings. The summed E-state index contributed by atoms with van der Waals surface area (Å²) in [5.41, 5.74) is 0. The Bertz CT molecular complexity index is 170. The molecule has 1 aliphatic heterocycles. The van der Waals surface area contributed by atoms with Gasteiger partial charge in [0.25, 0.3) is 8.48 Å². The van der Waals surface area contributed by atoms with Crippen molar-refractivity contribution in [2.45, 2.75) is 38.7 Å². The minimum absolute atomic E-state index is 1.23. The highest BCUT2D eigenvalue weighted by Gasteiger charge is 2.38. The maximum absolute atomic E-state index is 6.30. The second-order valence-electron chi connectivity index (χ2n) is 4.83. The SMILES string of the molecule is CN1CCC[Si](C)(C)O[Si]1(C)C. The molecule has 1 aliphatic rings. The molecule has 0 bridgehead atoms. The van der Waals surface area contributed by atoms with Gasteiger partial charge in [-0.1, -0.05) is 0 Å². The van der Waals surface area contributed by atoms with Gasteiger partial charge in [0.2, 0.25) is 0 Å². The Morgan fingerprint density at radius 1 is 1.17 bits per heavy atom. The lowest BCUT2D eigenvalue weighted by atomic mass is 10.5. The molecule has 0 aromatic heterocycles. The third-order valence-corrected chi connectivity index (χ3v) is 10.5. The van der Waals surface area contributed by atoms with Crippen molar-refractivity contribution in [2.24, 2.45) is 0 Å². The smallest absolute Gasteiger partial charge is 0.254 e. The van der Waals surface area contributed by atoms with E-state index < -0.39 is 16.8 Å². The van der Waals surface area contributed by atoms with Crippen molar-refractivity contribution < 1.29 is 4.12 Å². The van der Waals surface area contributed by atoms with Gasteiger partial charge in [-0.25, -0.2) is 0 Å². The summed E-state index contributed by atoms with van der Waals surface area (Å²) in [4.78, 5) is 0. The lowest BCUT2D eigenvalue weighted by Gasteiger charge is -2.35. The van der Waals surface area contributed by atoms with E-state index in [0.29, 0.717) is 0 Å². The van der Waals surface area contributed by atoms with E-state index in [-0.39, 0.29) is 0 Å². The summed E-state index contributed by atoms with van der Waals surface area (Å²) in [6.07, 6.45) is 1.33. The standard InChI is InChI=1S/C8H21NOSi2/c1-9-7-6-8-11(2,3)10-12(9,4)5/h6-8H2,1-5H3. The van der Waals surface area contributed by atoms with Crippen LogP contribution < -0.4 is 0 Å². The number of hydrogen-bond acceptors (Lipinski definition) is 2. The summed E-state index contributed by atoms with van der Waals surface area (Å²) in [5, 5.41) is 0. The van der Waals surface area contributed by atoms with Crippen LogP contribution in [0.15, 0.2) is 0 Å². The average Bonchev–Trinajstić information content (AvgIpc) is 1.90. The van der Waals surface area contributed by atoms with Crippen molar-refractivity contribution in [3.05, 3.63) is 0 Å². The van der Waals surface area contributed by atoms with Gasteiger partial charge in [0, 0.05) is 0 Å². The van der Waals surface area contributed by atoms with E-state index in [1.807, 2.05) is 0 Å². The first-order valence-corrected chi connectivity index (χ1v) is 10.7. The molecule has 0 unspecified atom stereocenters. The van der Waals surface area contributed by atoms with Crippen molar-refractivity contribution >= 4 is 16.8 Å². The third-order valence-electron chi connectivity index (χ3n) is 2.72. The molecule has 0 amide bonds. The highest BCUT2D eigenvalue weighted by atomic mass is 28.4. The van der Waals surface area contributed by atoms with Crippen molar-refractivity contribution in [3.8, 4) is 0 Å². The van der Waals surface area contributed by atoms with Crippen molar-refractivity contribution in [1.82, 2.24) is 4.57 Å². The summed E-state index contributed by atoms with van der Waals surface area (Å²) in [6.45, 7) is 10.6. The number of hydrogen-bond donors (Lipinski definition) is 0. The summed E-state index contributed by atoms with van der Waals surface area (Å²) in [7, 11) is -0.572. The molecule has 0 aromatic carbocycles. The fourth-order valence-electron chi connectivity index (χ4n) is 1.82. The molecule has 0 aliphatic carbocycles. The molecular weight excluding hydrogens is 182 g/mol. The first kappa shape index (κ1) is 10.4. The highest BCUT2D eigenvalue weighted by molar-refractivity contribution is 6.83. The predicted octanol–water partition coefficient (Wildman–Crippen LogP) is 2.25. The molecule has 2 nitrogen and oxygen atoms in total. The van der Waals surface area contributed by atoms with Crippen molar-refractivity contribution in [3.63, 3.8) is 0 Å². The maximum atomic E-state index is 6.30. The molecule has 4 heteroatoms. The number of nitrogens with zero attached hydrogens (tertiary/aromatic N) is 1. The van der Waals surface area contributed by atoms with E-state index in [2.05, 4.69) is 37.8 Å². The van der Waals surface area contributed by atoms with Gasteiger partial charge in [-0.2, -0.15) is 0 Å². The molecule has 12 heavy (non-hydrogen) atoms. The van der Waals surface area contributed by atoms with Crippen LogP contribution in [0, 0.1) is 0 Å². The zero-order valence-corrected chi connectivity index (χ0v) is 11.0. The second-order valence-corrected chi connectivity index (χ2v) is 13.3. The van der Waals surface area contributed by atoms with Crippen molar-refractivity contribution in [2.75, 3.05) is 13.6 Å². The topological polar surface area (TPSA) is 12.5 Å². The highest BCUT2D eigenvalue weighted by Crippen LogP contribution is 2.25. The van der Waals surface area contributed by atoms with Crippen LogP contribution >= 0.6 is 0 Å². The average molecular weight is 203 g/mol. The second kappa shape index (κ2) is 3.25. The molecule has 0 radical (unpaired) electrons. The van der Waals surface area contributed by atoms with Crippen LogP contribution in [0.5, 0.6) is 0 Å². The van der Waals surface area contributed by atoms with E-state index in [0.717, 1.165) is 0 Å². The van der Waals surface area contributed by atoms with Gasteiger partial charge in [-0.3, -0.25) is 0 Å². The van der Waals surface area contributed by atoms with Crippen LogP contribution in [0.2, 0.25) is 32.2 Å². The molecule has 0 spiro atoms. The van der Waals surface area contributed by atoms with E-state index in [4.69, 9.17) is 4.12 Å².